The van der Waals surface area contributed by atoms with Crippen molar-refractivity contribution in [2.45, 2.75) is 77.7 Å². The van der Waals surface area contributed by atoms with Gasteiger partial charge in [0.25, 0.3) is 5.65 Å². The Bertz CT molecular complexity index is 507. The quantitative estimate of drug-likeness (QED) is 0.425. The van der Waals surface area contributed by atoms with Gasteiger partial charge in [-0.1, -0.05) is 64.4 Å². The van der Waals surface area contributed by atoms with Crippen molar-refractivity contribution in [2.24, 2.45) is 0 Å². The van der Waals surface area contributed by atoms with Crippen LogP contribution in [-0.4, -0.2) is 4.40 Å². The van der Waals surface area contributed by atoms with Gasteiger partial charge in [0.15, 0.2) is 0 Å². The highest BCUT2D eigenvalue weighted by Gasteiger charge is 2.06. The van der Waals surface area contributed by atoms with Crippen LogP contribution in [0.3, 0.4) is 0 Å². The second-order valence-corrected chi connectivity index (χ2v) is 6.14. The molecule has 0 radical (unpaired) electrons. The van der Waals surface area contributed by atoms with Crippen LogP contribution in [0.1, 0.15) is 71.1 Å². The largest absolute Gasteiger partial charge is 1.00 e. The second-order valence-electron chi connectivity index (χ2n) is 6.14. The molecule has 22 heavy (non-hydrogen) atoms. The summed E-state index contributed by atoms with van der Waals surface area (Å²) in [5.41, 5.74) is 1.30. The van der Waals surface area contributed by atoms with Crippen molar-refractivity contribution in [3.63, 3.8) is 0 Å². The van der Waals surface area contributed by atoms with Gasteiger partial charge >= 0.3 is 0 Å². The molecule has 0 saturated carbocycles. The van der Waals surface area contributed by atoms with Gasteiger partial charge in [-0.2, -0.15) is 0 Å². The molecule has 2 rings (SSSR count). The van der Waals surface area contributed by atoms with Crippen LogP contribution in [0.25, 0.3) is 5.65 Å². The van der Waals surface area contributed by atoms with Gasteiger partial charge in [-0.15, -0.1) is 0 Å². The van der Waals surface area contributed by atoms with E-state index in [4.69, 9.17) is 0 Å². The normalized spacial score (nSPS) is 10.8. The molecule has 0 bridgehead atoms. The van der Waals surface area contributed by atoms with Crippen molar-refractivity contribution in [3.8, 4) is 0 Å². The molecule has 0 aliphatic heterocycles. The summed E-state index contributed by atoms with van der Waals surface area (Å²) in [4.78, 5) is 0. The minimum absolute atomic E-state index is 0. The van der Waals surface area contributed by atoms with Gasteiger partial charge in [-0.05, 0) is 18.9 Å². The third-order valence-electron chi connectivity index (χ3n) is 4.32. The predicted molar refractivity (Wildman–Crippen MR) is 89.4 cm³/mol. The average Bonchev–Trinajstić information content (AvgIpc) is 2.92. The smallest absolute Gasteiger partial charge is 0.286 e. The van der Waals surface area contributed by atoms with Gasteiger partial charge < -0.3 is 17.0 Å². The van der Waals surface area contributed by atoms with E-state index >= 15 is 0 Å². The molecule has 2 aromatic heterocycles. The van der Waals surface area contributed by atoms with E-state index in [2.05, 4.69) is 52.7 Å². The third-order valence-corrected chi connectivity index (χ3v) is 4.32. The number of rotatable bonds is 11. The molecule has 0 saturated heterocycles. The first-order valence-electron chi connectivity index (χ1n) is 8.87. The lowest BCUT2D eigenvalue weighted by Gasteiger charge is -2.02. The number of hydrogen-bond acceptors (Lipinski definition) is 0. The van der Waals surface area contributed by atoms with Crippen molar-refractivity contribution in [1.29, 1.82) is 0 Å². The summed E-state index contributed by atoms with van der Waals surface area (Å²) < 4.78 is 4.56. The Kier molecular flexibility index (Phi) is 10.2. The van der Waals surface area contributed by atoms with Crippen LogP contribution in [0.2, 0.25) is 0 Å². The molecule has 0 aliphatic rings. The summed E-state index contributed by atoms with van der Waals surface area (Å²) in [6, 6.07) is 6.39. The number of unbranched alkanes of at least 4 members (excludes halogenated alkanes) is 9. The molecule has 0 aromatic carbocycles. The van der Waals surface area contributed by atoms with Crippen LogP contribution in [0.4, 0.5) is 0 Å². The maximum Gasteiger partial charge on any atom is 0.286 e. The summed E-state index contributed by atoms with van der Waals surface area (Å²) >= 11 is 0. The Labute approximate surface area is 146 Å². The first kappa shape index (κ1) is 19.2. The van der Waals surface area contributed by atoms with Crippen molar-refractivity contribution in [2.75, 3.05) is 0 Å². The summed E-state index contributed by atoms with van der Waals surface area (Å²) in [5, 5.41) is 0. The van der Waals surface area contributed by atoms with E-state index < -0.39 is 0 Å². The molecular weight excluding hydrogens is 336 g/mol. The lowest BCUT2D eigenvalue weighted by Crippen LogP contribution is -3.00. The minimum Gasteiger partial charge on any atom is -1.00 e. The minimum atomic E-state index is 0. The van der Waals surface area contributed by atoms with E-state index in [1.165, 1.54) is 69.9 Å². The highest BCUT2D eigenvalue weighted by atomic mass is 79.9. The number of nitrogens with zero attached hydrogens (tertiary/aromatic N) is 2. The zero-order chi connectivity index (χ0) is 14.8. The highest BCUT2D eigenvalue weighted by Crippen LogP contribution is 2.10. The van der Waals surface area contributed by atoms with Gasteiger partial charge in [0.2, 0.25) is 0 Å². The van der Waals surface area contributed by atoms with Crippen LogP contribution in [0, 0.1) is 0 Å². The standard InChI is InChI=1S/C19H31N2.BrH/c1-2-3-4-5-6-7-8-9-10-12-15-20-17-18-21-16-13-11-14-19(20)21;/h11,13-14,16-18H,2-10,12,15H2,1H3;1H/q+1;/p-1. The Hall–Kier alpha value is -0.830. The Morgan fingerprint density at radius 3 is 2.14 bits per heavy atom. The van der Waals surface area contributed by atoms with Crippen LogP contribution in [-0.2, 0) is 6.54 Å². The number of hydrogen-bond donors (Lipinski definition) is 0. The molecular formula is C19H31BrN2. The average molecular weight is 367 g/mol. The fraction of sp³-hybridized carbons (Fsp3) is 0.632. The zero-order valence-corrected chi connectivity index (χ0v) is 15.6. The fourth-order valence-corrected chi connectivity index (χ4v) is 3.00. The summed E-state index contributed by atoms with van der Waals surface area (Å²) in [5.74, 6) is 0. The number of imidazole rings is 1. The maximum atomic E-state index is 2.37. The highest BCUT2D eigenvalue weighted by molar-refractivity contribution is 5.30. The summed E-state index contributed by atoms with van der Waals surface area (Å²) in [7, 11) is 0. The van der Waals surface area contributed by atoms with E-state index in [1.54, 1.807) is 0 Å². The van der Waals surface area contributed by atoms with Gasteiger partial charge in [-0.3, -0.25) is 0 Å². The molecule has 0 atom stereocenters. The van der Waals surface area contributed by atoms with E-state index in [0.29, 0.717) is 0 Å². The Morgan fingerprint density at radius 2 is 1.45 bits per heavy atom. The molecule has 2 heterocycles. The van der Waals surface area contributed by atoms with Gasteiger partial charge in [0.05, 0.1) is 12.7 Å². The molecule has 0 unspecified atom stereocenters. The van der Waals surface area contributed by atoms with E-state index in [9.17, 15) is 0 Å². The van der Waals surface area contributed by atoms with Crippen molar-refractivity contribution >= 4 is 5.65 Å². The van der Waals surface area contributed by atoms with Crippen LogP contribution < -0.4 is 21.5 Å². The maximum absolute atomic E-state index is 2.37. The molecule has 0 spiro atoms. The lowest BCUT2D eigenvalue weighted by molar-refractivity contribution is -0.671. The van der Waals surface area contributed by atoms with E-state index in [1.807, 2.05) is 0 Å². The number of fused-ring (bicyclic) bond motifs is 1. The summed E-state index contributed by atoms with van der Waals surface area (Å²) in [6.07, 6.45) is 20.5. The molecule has 0 amide bonds. The second kappa shape index (κ2) is 11.7. The van der Waals surface area contributed by atoms with Gasteiger partial charge in [-0.25, -0.2) is 8.97 Å². The molecule has 0 N–H and O–H groups in total. The van der Waals surface area contributed by atoms with E-state index in [-0.39, 0.29) is 17.0 Å². The SMILES string of the molecule is CCCCCCCCCCCC[n+]1ccn2ccccc21.[Br-]. The lowest BCUT2D eigenvalue weighted by atomic mass is 10.1. The summed E-state index contributed by atoms with van der Waals surface area (Å²) in [6.45, 7) is 3.43. The topological polar surface area (TPSA) is 8.29 Å². The van der Waals surface area contributed by atoms with Crippen LogP contribution in [0.5, 0.6) is 0 Å². The van der Waals surface area contributed by atoms with Crippen LogP contribution >= 0.6 is 0 Å². The number of halogens is 1. The van der Waals surface area contributed by atoms with Gasteiger partial charge in [0.1, 0.15) is 12.4 Å². The molecule has 0 fully saturated rings. The van der Waals surface area contributed by atoms with Crippen molar-refractivity contribution in [3.05, 3.63) is 36.8 Å². The number of aryl methyl sites for hydroxylation is 1. The predicted octanol–water partition coefficient (Wildman–Crippen LogP) is 2.15. The Balaban J connectivity index is 0.00000242. The monoisotopic (exact) mass is 366 g/mol. The van der Waals surface area contributed by atoms with E-state index in [0.717, 1.165) is 6.54 Å². The molecule has 124 valence electrons. The van der Waals surface area contributed by atoms with Crippen molar-refractivity contribution in [1.82, 2.24) is 4.40 Å². The fourth-order valence-electron chi connectivity index (χ4n) is 3.00. The molecule has 2 nitrogen and oxygen atoms in total. The molecule has 2 aromatic rings. The molecule has 3 heteroatoms. The van der Waals surface area contributed by atoms with Crippen LogP contribution in [0.15, 0.2) is 36.8 Å². The number of pyridine rings is 1. The number of aromatic nitrogens is 2. The Morgan fingerprint density at radius 1 is 0.818 bits per heavy atom. The zero-order valence-electron chi connectivity index (χ0n) is 14.0. The van der Waals surface area contributed by atoms with Crippen molar-refractivity contribution < 1.29 is 21.5 Å². The first-order chi connectivity index (χ1) is 10.4. The third kappa shape index (κ3) is 6.51. The molecule has 0 aliphatic carbocycles. The van der Waals surface area contributed by atoms with Gasteiger partial charge in [0, 0.05) is 6.07 Å². The first-order valence-corrected chi connectivity index (χ1v) is 8.87.